The number of piperidine rings is 2. The lowest BCUT2D eigenvalue weighted by molar-refractivity contribution is -0.136. The molecule has 6 aliphatic rings. The minimum absolute atomic E-state index is 0.0213. The molecule has 4 fully saturated rings. The van der Waals surface area contributed by atoms with E-state index in [2.05, 4.69) is 62.4 Å². The number of carbonyl (C=O) groups is 4. The van der Waals surface area contributed by atoms with E-state index in [1.54, 1.807) is 11.0 Å². The first-order valence-corrected chi connectivity index (χ1v) is 21.1. The summed E-state index contributed by atoms with van der Waals surface area (Å²) < 4.78 is 28.4. The number of amides is 5. The second-order valence-corrected chi connectivity index (χ2v) is 17.9. The summed E-state index contributed by atoms with van der Waals surface area (Å²) in [6.45, 7) is 13.7. The van der Waals surface area contributed by atoms with Gasteiger partial charge in [0.25, 0.3) is 5.91 Å². The third-order valence-electron chi connectivity index (χ3n) is 13.8. The van der Waals surface area contributed by atoms with Crippen LogP contribution in [0.5, 0.6) is 5.75 Å². The molecule has 9 rings (SSSR count). The van der Waals surface area contributed by atoms with E-state index < -0.39 is 40.4 Å². The summed E-state index contributed by atoms with van der Waals surface area (Å²) in [6, 6.07) is 8.79. The Kier molecular flexibility index (Phi) is 10.1. The topological polar surface area (TPSA) is 158 Å². The minimum Gasteiger partial charge on any atom is -0.504 e. The molecule has 5 amide bonds. The lowest BCUT2D eigenvalue weighted by atomic mass is 9.87. The number of hydrogen-bond acceptors (Lipinski definition) is 11. The molecule has 0 radical (unpaired) electrons. The number of phenols is 1. The molecule has 3 N–H and O–H groups in total. The van der Waals surface area contributed by atoms with E-state index in [0.717, 1.165) is 69.3 Å². The zero-order chi connectivity index (χ0) is 42.1. The number of phenolic OH excluding ortho intramolecular Hbond substituents is 1. The number of nitrogens with one attached hydrogen (secondary N) is 2. The Balaban J connectivity index is 0.796. The molecule has 2 aromatic carbocycles. The van der Waals surface area contributed by atoms with Crippen molar-refractivity contribution in [1.29, 1.82) is 0 Å². The van der Waals surface area contributed by atoms with Crippen molar-refractivity contribution in [3.8, 4) is 17.0 Å². The summed E-state index contributed by atoms with van der Waals surface area (Å²) >= 11 is 0. The quantitative estimate of drug-likeness (QED) is 0.309. The molecule has 0 unspecified atom stereocenters. The van der Waals surface area contributed by atoms with Crippen molar-refractivity contribution >= 4 is 40.9 Å². The van der Waals surface area contributed by atoms with Gasteiger partial charge in [-0.25, -0.2) is 13.6 Å². The molecule has 15 nitrogen and oxygen atoms in total. The summed E-state index contributed by atoms with van der Waals surface area (Å²) in [4.78, 5) is 64.6. The molecular weight excluding hydrogens is 775 g/mol. The molecule has 0 saturated carbocycles. The number of piperazine rings is 2. The number of benzene rings is 2. The molecule has 0 spiro atoms. The summed E-state index contributed by atoms with van der Waals surface area (Å²) in [6.07, 6.45) is 3.33. The fraction of sp³-hybridized carbons (Fsp3) is 0.535. The Morgan fingerprint density at radius 1 is 0.933 bits per heavy atom. The van der Waals surface area contributed by atoms with Gasteiger partial charge in [0, 0.05) is 101 Å². The highest BCUT2D eigenvalue weighted by molar-refractivity contribution is 6.05. The first-order chi connectivity index (χ1) is 28.7. The number of imide groups is 1. The van der Waals surface area contributed by atoms with Gasteiger partial charge in [-0.3, -0.25) is 24.6 Å². The van der Waals surface area contributed by atoms with Crippen molar-refractivity contribution in [3.63, 3.8) is 0 Å². The fourth-order valence-corrected chi connectivity index (χ4v) is 10.4. The Morgan fingerprint density at radius 2 is 1.73 bits per heavy atom. The lowest BCUT2D eigenvalue weighted by Crippen LogP contribution is -2.71. The average Bonchev–Trinajstić information content (AvgIpc) is 3.56. The third kappa shape index (κ3) is 7.03. The Morgan fingerprint density at radius 3 is 2.48 bits per heavy atom. The van der Waals surface area contributed by atoms with Crippen molar-refractivity contribution in [1.82, 2.24) is 35.1 Å². The second-order valence-electron chi connectivity index (χ2n) is 17.9. The Bertz CT molecular complexity index is 2250. The van der Waals surface area contributed by atoms with Crippen LogP contribution in [0.1, 0.15) is 68.8 Å². The van der Waals surface area contributed by atoms with E-state index >= 15 is 0 Å². The maximum absolute atomic E-state index is 14.4. The van der Waals surface area contributed by atoms with Gasteiger partial charge in [0.2, 0.25) is 11.8 Å². The zero-order valence-corrected chi connectivity index (χ0v) is 34.3. The van der Waals surface area contributed by atoms with Gasteiger partial charge in [0.05, 0.1) is 22.5 Å². The number of anilines is 3. The fourth-order valence-electron chi connectivity index (χ4n) is 10.4. The zero-order valence-electron chi connectivity index (χ0n) is 34.3. The molecule has 4 saturated heterocycles. The SMILES string of the molecule is CC[C@@]12CNc3nnc(-c4cc(F)cc(F)c4O)cc3N1CCN(C(=O)N1CCN(CC3CCN(c4ccc5c(c4)C(=O)N([C@H]4CCC(=O)NC4=O)C5)CC3)CC1(C)C)C2. The van der Waals surface area contributed by atoms with Gasteiger partial charge < -0.3 is 34.9 Å². The van der Waals surface area contributed by atoms with Gasteiger partial charge in [-0.1, -0.05) is 13.0 Å². The number of aromatic hydroxyl groups is 1. The van der Waals surface area contributed by atoms with Crippen LogP contribution >= 0.6 is 0 Å². The number of carbonyl (C=O) groups excluding carboxylic acids is 4. The van der Waals surface area contributed by atoms with E-state index in [9.17, 15) is 33.1 Å². The van der Waals surface area contributed by atoms with Crippen LogP contribution in [0.4, 0.5) is 30.8 Å². The highest BCUT2D eigenvalue weighted by Gasteiger charge is 2.48. The number of rotatable bonds is 6. The monoisotopic (exact) mass is 826 g/mol. The summed E-state index contributed by atoms with van der Waals surface area (Å²) in [7, 11) is 0. The first kappa shape index (κ1) is 39.9. The number of aromatic nitrogens is 2. The number of urea groups is 1. The average molecular weight is 827 g/mol. The lowest BCUT2D eigenvalue weighted by Gasteiger charge is -2.56. The number of fused-ring (bicyclic) bond motifs is 4. The van der Waals surface area contributed by atoms with Crippen LogP contribution < -0.4 is 20.4 Å². The van der Waals surface area contributed by atoms with Crippen LogP contribution in [0.3, 0.4) is 0 Å². The van der Waals surface area contributed by atoms with Gasteiger partial charge in [-0.2, -0.15) is 0 Å². The highest BCUT2D eigenvalue weighted by Crippen LogP contribution is 2.42. The van der Waals surface area contributed by atoms with E-state index in [4.69, 9.17) is 0 Å². The molecule has 60 heavy (non-hydrogen) atoms. The second kappa shape index (κ2) is 15.2. The predicted octanol–water partition coefficient (Wildman–Crippen LogP) is 4.02. The van der Waals surface area contributed by atoms with Gasteiger partial charge >= 0.3 is 6.03 Å². The van der Waals surface area contributed by atoms with Gasteiger partial charge in [0.15, 0.2) is 17.4 Å². The summed E-state index contributed by atoms with van der Waals surface area (Å²) in [5, 5.41) is 24.6. The molecular formula is C43H52F2N10O5. The number of halogens is 2. The summed E-state index contributed by atoms with van der Waals surface area (Å²) in [5.74, 6) is -2.39. The van der Waals surface area contributed by atoms with Crippen LogP contribution in [0.2, 0.25) is 0 Å². The molecule has 318 valence electrons. The van der Waals surface area contributed by atoms with Crippen molar-refractivity contribution < 1.29 is 33.1 Å². The van der Waals surface area contributed by atoms with Gasteiger partial charge in [-0.15, -0.1) is 10.2 Å². The van der Waals surface area contributed by atoms with E-state index in [1.165, 1.54) is 0 Å². The van der Waals surface area contributed by atoms with Crippen LogP contribution in [0, 0.1) is 17.6 Å². The summed E-state index contributed by atoms with van der Waals surface area (Å²) in [5.41, 5.74) is 2.49. The van der Waals surface area contributed by atoms with Gasteiger partial charge in [0.1, 0.15) is 11.9 Å². The van der Waals surface area contributed by atoms with Gasteiger partial charge in [-0.05, 0) is 75.3 Å². The molecule has 7 heterocycles. The maximum Gasteiger partial charge on any atom is 0.320 e. The number of nitrogens with zero attached hydrogens (tertiary/aromatic N) is 8. The van der Waals surface area contributed by atoms with Crippen LogP contribution in [0.15, 0.2) is 36.4 Å². The van der Waals surface area contributed by atoms with Crippen molar-refractivity contribution in [2.75, 3.05) is 80.6 Å². The normalized spacial score (nSPS) is 24.5. The number of hydrogen-bond donors (Lipinski definition) is 3. The molecule has 0 bridgehead atoms. The van der Waals surface area contributed by atoms with Crippen LogP contribution in [0.25, 0.3) is 11.3 Å². The van der Waals surface area contributed by atoms with Crippen molar-refractivity contribution in [3.05, 3.63) is 59.2 Å². The predicted molar refractivity (Wildman–Crippen MR) is 220 cm³/mol. The van der Waals surface area contributed by atoms with Crippen molar-refractivity contribution in [2.45, 2.75) is 76.5 Å². The van der Waals surface area contributed by atoms with Crippen molar-refractivity contribution in [2.24, 2.45) is 5.92 Å². The molecule has 0 aliphatic carbocycles. The first-order valence-electron chi connectivity index (χ1n) is 21.1. The molecule has 17 heteroatoms. The van der Waals surface area contributed by atoms with Crippen LogP contribution in [-0.4, -0.2) is 141 Å². The molecule has 1 aromatic heterocycles. The highest BCUT2D eigenvalue weighted by atomic mass is 19.1. The maximum atomic E-state index is 14.4. The Labute approximate surface area is 347 Å². The Hall–Kier alpha value is -5.58. The minimum atomic E-state index is -1.07. The molecule has 2 atom stereocenters. The smallest absolute Gasteiger partial charge is 0.320 e. The standard InChI is InChI=1S/C43H52F2N10O5/c1-4-43-23-46-38-35(20-33(48-49-38)31-17-28(44)18-32(45)37(31)57)54(43)16-14-52(25-43)41(60)55-15-13-50(24-42(55,2)3)21-26-9-11-51(12-10-26)29-6-5-27-22-53(40(59)30(27)19-29)34-7-8-36(56)47-39(34)58/h5-6,17-20,26,34,57H,4,7-16,21-25H2,1-3H3,(H,46,49)(H,47,56,58)/t34-,43-/m0/s1. The molecule has 3 aromatic rings. The largest absolute Gasteiger partial charge is 0.504 e. The third-order valence-corrected chi connectivity index (χ3v) is 13.8. The van der Waals surface area contributed by atoms with E-state index in [0.29, 0.717) is 74.7 Å². The van der Waals surface area contributed by atoms with E-state index in [1.807, 2.05) is 21.9 Å². The van der Waals surface area contributed by atoms with E-state index in [-0.39, 0.29) is 35.5 Å². The molecule has 6 aliphatic heterocycles. The van der Waals surface area contributed by atoms with Crippen LogP contribution in [-0.2, 0) is 16.1 Å².